The number of allylic oxidation sites excluding steroid dienone is 1. The number of halogens is 2. The van der Waals surface area contributed by atoms with Gasteiger partial charge in [-0.05, 0) is 68.2 Å². The number of rotatable bonds is 6. The van der Waals surface area contributed by atoms with Crippen molar-refractivity contribution in [3.05, 3.63) is 89.2 Å². The Balaban J connectivity index is 1.76. The third kappa shape index (κ3) is 5.59. The van der Waals surface area contributed by atoms with Gasteiger partial charge in [0.15, 0.2) is 0 Å². The number of esters is 1. The fraction of sp³-hybridized carbons (Fsp3) is 0.259. The second kappa shape index (κ2) is 10.5. The average molecular weight is 480 g/mol. The van der Waals surface area contributed by atoms with Crippen LogP contribution in [0.2, 0.25) is 0 Å². The summed E-state index contributed by atoms with van der Waals surface area (Å²) in [6.45, 7) is 4.37. The van der Waals surface area contributed by atoms with E-state index in [2.05, 4.69) is 4.98 Å². The quantitative estimate of drug-likeness (QED) is 0.340. The van der Waals surface area contributed by atoms with Crippen molar-refractivity contribution in [3.8, 4) is 11.4 Å². The molecule has 1 saturated heterocycles. The molecule has 0 unspecified atom stereocenters. The van der Waals surface area contributed by atoms with Gasteiger partial charge in [0, 0.05) is 30.6 Å². The smallest absolute Gasteiger partial charge is 0.332 e. The molecule has 4 rings (SSSR count). The highest BCUT2D eigenvalue weighted by Gasteiger charge is 2.24. The molecule has 0 radical (unpaired) electrons. The monoisotopic (exact) mass is 479 g/mol. The lowest BCUT2D eigenvalue weighted by molar-refractivity contribution is -0.137. The van der Waals surface area contributed by atoms with Crippen molar-refractivity contribution in [2.45, 2.75) is 26.7 Å². The van der Waals surface area contributed by atoms with Gasteiger partial charge >= 0.3 is 5.97 Å². The molecule has 0 amide bonds. The number of benzene rings is 2. The Bertz CT molecular complexity index is 1280. The molecule has 0 N–H and O–H groups in total. The number of carbonyl (C=O) groups is 1. The van der Waals surface area contributed by atoms with Crippen molar-refractivity contribution in [1.82, 2.24) is 9.55 Å². The third-order valence-electron chi connectivity index (χ3n) is 5.68. The highest BCUT2D eigenvalue weighted by atomic mass is 19.1. The Kier molecular flexibility index (Phi) is 7.29. The maximum Gasteiger partial charge on any atom is 0.332 e. The third-order valence-corrected chi connectivity index (χ3v) is 5.68. The second-order valence-electron chi connectivity index (χ2n) is 8.19. The van der Waals surface area contributed by atoms with Crippen LogP contribution in [0.4, 0.5) is 14.5 Å². The van der Waals surface area contributed by atoms with E-state index in [-0.39, 0.29) is 6.61 Å². The zero-order valence-corrected chi connectivity index (χ0v) is 19.9. The van der Waals surface area contributed by atoms with Crippen molar-refractivity contribution >= 4 is 17.7 Å². The van der Waals surface area contributed by atoms with E-state index in [1.54, 1.807) is 25.3 Å². The molecule has 35 heavy (non-hydrogen) atoms. The number of hydrogen-bond acceptors (Lipinski definition) is 5. The van der Waals surface area contributed by atoms with Crippen molar-refractivity contribution in [2.24, 2.45) is 0 Å². The predicted molar refractivity (Wildman–Crippen MR) is 130 cm³/mol. The number of aromatic nitrogens is 2. The van der Waals surface area contributed by atoms with Crippen molar-refractivity contribution in [3.63, 3.8) is 0 Å². The fourth-order valence-electron chi connectivity index (χ4n) is 4.18. The number of methoxy groups -OCH3 is 1. The second-order valence-corrected chi connectivity index (χ2v) is 8.19. The first-order valence-corrected chi connectivity index (χ1v) is 11.4. The number of nitrogens with zero attached hydrogens (tertiary/aromatic N) is 3. The van der Waals surface area contributed by atoms with Crippen molar-refractivity contribution < 1.29 is 23.0 Å². The molecule has 0 saturated carbocycles. The molecule has 8 heteroatoms. The Morgan fingerprint density at radius 3 is 2.60 bits per heavy atom. The number of ether oxygens (including phenoxy) is 2. The topological polar surface area (TPSA) is 56.6 Å². The van der Waals surface area contributed by atoms with Gasteiger partial charge in [-0.15, -0.1) is 0 Å². The van der Waals surface area contributed by atoms with Gasteiger partial charge in [-0.1, -0.05) is 6.07 Å². The van der Waals surface area contributed by atoms with Crippen LogP contribution in [0, 0.1) is 18.6 Å². The van der Waals surface area contributed by atoms with Gasteiger partial charge in [-0.3, -0.25) is 0 Å². The predicted octanol–water partition coefficient (Wildman–Crippen LogP) is 5.60. The molecule has 0 atom stereocenters. The van der Waals surface area contributed by atoms with Crippen LogP contribution in [-0.2, 0) is 9.53 Å². The fourth-order valence-corrected chi connectivity index (χ4v) is 4.18. The lowest BCUT2D eigenvalue weighted by Crippen LogP contribution is -2.30. The SMILES string of the molecule is CCOC(=O)C=C1C(=Cc2ccc(-n3cnc(C)c3)c(OC)c2)CCCN1c1cc(F)cc(F)c1. The molecular formula is C27H27F2N3O3. The van der Waals surface area contributed by atoms with E-state index in [0.29, 0.717) is 30.1 Å². The Morgan fingerprint density at radius 1 is 1.17 bits per heavy atom. The molecule has 6 nitrogen and oxygen atoms in total. The summed E-state index contributed by atoms with van der Waals surface area (Å²) >= 11 is 0. The van der Waals surface area contributed by atoms with Crippen LogP contribution >= 0.6 is 0 Å². The standard InChI is InChI=1S/C27H27F2N3O3/c1-4-35-27(33)15-25-20(6-5-9-32(25)23-13-21(28)12-22(29)14-23)10-19-7-8-24(26(11-19)34-3)31-16-18(2)30-17-31/h7-8,10-17H,4-6,9H2,1-3H3. The van der Waals surface area contributed by atoms with E-state index < -0.39 is 17.6 Å². The maximum absolute atomic E-state index is 14.0. The number of carbonyl (C=O) groups excluding carboxylic acids is 1. The number of aryl methyl sites for hydroxylation is 1. The molecule has 0 aliphatic carbocycles. The van der Waals surface area contributed by atoms with Crippen molar-refractivity contribution in [1.29, 1.82) is 0 Å². The minimum atomic E-state index is -0.679. The molecule has 0 bridgehead atoms. The Hall–Kier alpha value is -3.94. The summed E-state index contributed by atoms with van der Waals surface area (Å²) in [5, 5.41) is 0. The van der Waals surface area contributed by atoms with E-state index in [4.69, 9.17) is 9.47 Å². The molecule has 2 aromatic carbocycles. The molecule has 1 fully saturated rings. The summed E-state index contributed by atoms with van der Waals surface area (Å²) in [5.74, 6) is -1.21. The van der Waals surface area contributed by atoms with Crippen LogP contribution in [0.25, 0.3) is 11.8 Å². The van der Waals surface area contributed by atoms with Gasteiger partial charge in [-0.2, -0.15) is 0 Å². The first-order chi connectivity index (χ1) is 16.9. The Labute approximate surface area is 203 Å². The van der Waals surface area contributed by atoms with Crippen molar-refractivity contribution in [2.75, 3.05) is 25.2 Å². The van der Waals surface area contributed by atoms with E-state index in [0.717, 1.165) is 35.0 Å². The summed E-state index contributed by atoms with van der Waals surface area (Å²) < 4.78 is 40.6. The molecule has 1 aliphatic heterocycles. The van der Waals surface area contributed by atoms with Gasteiger partial charge in [0.25, 0.3) is 0 Å². The maximum atomic E-state index is 14.0. The van der Waals surface area contributed by atoms with Crippen LogP contribution in [0.3, 0.4) is 0 Å². The summed E-state index contributed by atoms with van der Waals surface area (Å²) in [4.78, 5) is 18.4. The number of anilines is 1. The van der Waals surface area contributed by atoms with Crippen LogP contribution in [0.15, 0.2) is 66.3 Å². The molecule has 182 valence electrons. The zero-order valence-electron chi connectivity index (χ0n) is 19.9. The molecule has 2 heterocycles. The minimum absolute atomic E-state index is 0.225. The van der Waals surface area contributed by atoms with Crippen LogP contribution < -0.4 is 9.64 Å². The summed E-state index contributed by atoms with van der Waals surface area (Å²) in [7, 11) is 1.60. The van der Waals surface area contributed by atoms with E-state index in [9.17, 15) is 13.6 Å². The van der Waals surface area contributed by atoms with E-state index in [1.165, 1.54) is 18.2 Å². The van der Waals surface area contributed by atoms with Gasteiger partial charge < -0.3 is 18.9 Å². The largest absolute Gasteiger partial charge is 0.495 e. The lowest BCUT2D eigenvalue weighted by atomic mass is 9.96. The van der Waals surface area contributed by atoms with Gasteiger partial charge in [-0.25, -0.2) is 18.6 Å². The average Bonchev–Trinajstić information content (AvgIpc) is 3.25. The summed E-state index contributed by atoms with van der Waals surface area (Å²) in [6, 6.07) is 9.13. The highest BCUT2D eigenvalue weighted by Crippen LogP contribution is 2.34. The molecule has 3 aromatic rings. The molecule has 1 aromatic heterocycles. The van der Waals surface area contributed by atoms with Crippen LogP contribution in [0.5, 0.6) is 5.75 Å². The van der Waals surface area contributed by atoms with Gasteiger partial charge in [0.1, 0.15) is 17.4 Å². The molecule has 1 aliphatic rings. The lowest BCUT2D eigenvalue weighted by Gasteiger charge is -2.33. The zero-order chi connectivity index (χ0) is 24.9. The summed E-state index contributed by atoms with van der Waals surface area (Å²) in [5.41, 5.74) is 4.34. The summed E-state index contributed by atoms with van der Waals surface area (Å²) in [6.07, 6.45) is 8.41. The van der Waals surface area contributed by atoms with Crippen LogP contribution in [0.1, 0.15) is 31.0 Å². The first kappa shape index (κ1) is 24.2. The number of imidazole rings is 1. The first-order valence-electron chi connectivity index (χ1n) is 11.4. The highest BCUT2D eigenvalue weighted by molar-refractivity contribution is 5.86. The Morgan fingerprint density at radius 2 is 1.94 bits per heavy atom. The minimum Gasteiger partial charge on any atom is -0.495 e. The molecule has 0 spiro atoms. The van der Waals surface area contributed by atoms with Gasteiger partial charge in [0.2, 0.25) is 0 Å². The van der Waals surface area contributed by atoms with E-state index >= 15 is 0 Å². The number of piperidine rings is 1. The molecular weight excluding hydrogens is 452 g/mol. The normalized spacial score (nSPS) is 16.1. The van der Waals surface area contributed by atoms with E-state index in [1.807, 2.05) is 42.0 Å². The van der Waals surface area contributed by atoms with Crippen LogP contribution in [-0.4, -0.2) is 35.8 Å². The number of hydrogen-bond donors (Lipinski definition) is 0. The van der Waals surface area contributed by atoms with Gasteiger partial charge in [0.05, 0.1) is 37.1 Å².